The maximum Gasteiger partial charge on any atom is 0.330 e. The number of Topliss-reactive ketones (excluding diaryl/α,β-unsaturated/α-hetero) is 1. The van der Waals surface area contributed by atoms with Gasteiger partial charge < -0.3 is 4.90 Å². The van der Waals surface area contributed by atoms with E-state index in [1.165, 1.54) is 0 Å². The van der Waals surface area contributed by atoms with Gasteiger partial charge in [-0.1, -0.05) is 80.9 Å². The van der Waals surface area contributed by atoms with Crippen molar-refractivity contribution in [3.8, 4) is 0 Å². The van der Waals surface area contributed by atoms with Crippen LogP contribution in [0, 0.1) is 5.92 Å². The number of ketones is 1. The molecule has 192 valence electrons. The number of amides is 3. The smallest absolute Gasteiger partial charge is 0.330 e. The van der Waals surface area contributed by atoms with E-state index in [9.17, 15) is 19.2 Å². The van der Waals surface area contributed by atoms with Gasteiger partial charge >= 0.3 is 11.8 Å². The summed E-state index contributed by atoms with van der Waals surface area (Å²) in [6.07, 6.45) is 1.75. The fourth-order valence-electron chi connectivity index (χ4n) is 3.85. The van der Waals surface area contributed by atoms with Crippen LogP contribution in [0.2, 0.25) is 0 Å². The average molecular weight is 494 g/mol. The average Bonchev–Trinajstić information content (AvgIpc) is 2.90. The summed E-state index contributed by atoms with van der Waals surface area (Å²) in [7, 11) is 0. The molecule has 0 heterocycles. The van der Waals surface area contributed by atoms with Crippen LogP contribution in [0.1, 0.15) is 57.1 Å². The molecule has 0 aliphatic carbocycles. The van der Waals surface area contributed by atoms with Gasteiger partial charge in [-0.05, 0) is 24.0 Å². The van der Waals surface area contributed by atoms with Crippen LogP contribution >= 0.6 is 0 Å². The van der Waals surface area contributed by atoms with Crippen LogP contribution < -0.4 is 16.7 Å². The summed E-state index contributed by atoms with van der Waals surface area (Å²) < 4.78 is 0. The highest BCUT2D eigenvalue weighted by Crippen LogP contribution is 2.17. The van der Waals surface area contributed by atoms with Crippen molar-refractivity contribution in [3.05, 3.63) is 71.8 Å². The molecule has 36 heavy (non-hydrogen) atoms. The Balaban J connectivity index is 2.10. The van der Waals surface area contributed by atoms with E-state index in [0.717, 1.165) is 11.1 Å². The van der Waals surface area contributed by atoms with Crippen molar-refractivity contribution in [2.45, 2.75) is 59.0 Å². The van der Waals surface area contributed by atoms with Crippen molar-refractivity contribution < 1.29 is 19.2 Å². The summed E-state index contributed by atoms with van der Waals surface area (Å²) >= 11 is 0. The van der Waals surface area contributed by atoms with Crippen LogP contribution in [0.3, 0.4) is 0 Å². The van der Waals surface area contributed by atoms with Crippen molar-refractivity contribution in [1.82, 2.24) is 15.8 Å². The van der Waals surface area contributed by atoms with Gasteiger partial charge in [-0.2, -0.15) is 5.10 Å². The number of nitrogens with zero attached hydrogens (tertiary/aromatic N) is 2. The van der Waals surface area contributed by atoms with Gasteiger partial charge in [0.15, 0.2) is 0 Å². The minimum Gasteiger partial charge on any atom is -0.334 e. The fraction of sp³-hybridized carbons (Fsp3) is 0.370. The number of carbonyl (C=O) groups is 4. The number of nitrogens with one attached hydrogen (secondary N) is 2. The van der Waals surface area contributed by atoms with E-state index in [0.29, 0.717) is 38.1 Å². The van der Waals surface area contributed by atoms with Crippen molar-refractivity contribution in [1.29, 1.82) is 0 Å². The second-order valence-corrected chi connectivity index (χ2v) is 8.42. The lowest BCUT2D eigenvalue weighted by atomic mass is 9.90. The van der Waals surface area contributed by atoms with Gasteiger partial charge in [-0.3, -0.25) is 24.6 Å². The largest absolute Gasteiger partial charge is 0.334 e. The molecular weight excluding hydrogens is 458 g/mol. The molecule has 0 aliphatic heterocycles. The highest BCUT2D eigenvalue weighted by molar-refractivity contribution is 6.34. The highest BCUT2D eigenvalue weighted by atomic mass is 16.2. The lowest BCUT2D eigenvalue weighted by Crippen LogP contribution is -2.42. The van der Waals surface area contributed by atoms with Crippen LogP contribution in [0.5, 0.6) is 0 Å². The molecule has 2 rings (SSSR count). The molecule has 0 saturated carbocycles. The SMILES string of the molecule is CCC/C(=N/NC(=O)C(=O)NN)[C@H](CC)C(=O)CCC(=O)N(Cc1ccccc1)Cc1ccccc1. The highest BCUT2D eigenvalue weighted by Gasteiger charge is 2.25. The topological polar surface area (TPSA) is 134 Å². The lowest BCUT2D eigenvalue weighted by molar-refractivity contribution is -0.139. The van der Waals surface area contributed by atoms with Gasteiger partial charge in [0.2, 0.25) is 5.91 Å². The number of rotatable bonds is 13. The molecule has 9 nitrogen and oxygen atoms in total. The van der Waals surface area contributed by atoms with Crippen molar-refractivity contribution in [3.63, 3.8) is 0 Å². The number of hydrogen-bond acceptors (Lipinski definition) is 6. The Hall–Kier alpha value is -3.85. The van der Waals surface area contributed by atoms with Gasteiger partial charge in [-0.15, -0.1) is 0 Å². The Morgan fingerprint density at radius 1 is 0.833 bits per heavy atom. The van der Waals surface area contributed by atoms with Crippen LogP contribution in [0.25, 0.3) is 0 Å². The lowest BCUT2D eigenvalue weighted by Gasteiger charge is -2.24. The molecular formula is C27H35N5O4. The first-order valence-corrected chi connectivity index (χ1v) is 12.1. The zero-order valence-electron chi connectivity index (χ0n) is 20.9. The quantitative estimate of drug-likeness (QED) is 0.130. The number of hydrazone groups is 1. The first-order chi connectivity index (χ1) is 17.4. The number of carbonyl (C=O) groups excluding carboxylic acids is 4. The monoisotopic (exact) mass is 493 g/mol. The van der Waals surface area contributed by atoms with Crippen molar-refractivity contribution in [2.75, 3.05) is 0 Å². The van der Waals surface area contributed by atoms with Crippen LogP contribution in [-0.2, 0) is 32.3 Å². The fourth-order valence-corrected chi connectivity index (χ4v) is 3.85. The molecule has 0 saturated heterocycles. The van der Waals surface area contributed by atoms with Crippen LogP contribution in [0.15, 0.2) is 65.8 Å². The van der Waals surface area contributed by atoms with Gasteiger partial charge in [0.05, 0.1) is 5.92 Å². The maximum atomic E-state index is 13.2. The van der Waals surface area contributed by atoms with E-state index in [1.807, 2.05) is 74.5 Å². The number of benzene rings is 2. The molecule has 1 atom stereocenters. The third-order valence-electron chi connectivity index (χ3n) is 5.71. The first kappa shape index (κ1) is 28.4. The summed E-state index contributed by atoms with van der Waals surface area (Å²) in [5, 5.41) is 4.03. The minimum absolute atomic E-state index is 0.0530. The normalized spacial score (nSPS) is 11.9. The van der Waals surface area contributed by atoms with E-state index < -0.39 is 17.7 Å². The molecule has 4 N–H and O–H groups in total. The molecule has 0 radical (unpaired) electrons. The molecule has 2 aromatic carbocycles. The van der Waals surface area contributed by atoms with Crippen LogP contribution in [-0.4, -0.2) is 34.1 Å². The molecule has 0 fully saturated rings. The minimum atomic E-state index is -1.03. The second kappa shape index (κ2) is 15.2. The first-order valence-electron chi connectivity index (χ1n) is 12.1. The van der Waals surface area contributed by atoms with E-state index in [1.54, 1.807) is 10.3 Å². The zero-order valence-corrected chi connectivity index (χ0v) is 20.9. The van der Waals surface area contributed by atoms with Gasteiger partial charge in [-0.25, -0.2) is 11.3 Å². The van der Waals surface area contributed by atoms with E-state index in [2.05, 4.69) is 10.5 Å². The van der Waals surface area contributed by atoms with E-state index in [4.69, 9.17) is 5.84 Å². The summed E-state index contributed by atoms with van der Waals surface area (Å²) in [5.41, 5.74) is 6.38. The molecule has 0 aromatic heterocycles. The van der Waals surface area contributed by atoms with Gasteiger partial charge in [0.25, 0.3) is 0 Å². The molecule has 3 amide bonds. The Morgan fingerprint density at radius 3 is 1.86 bits per heavy atom. The third-order valence-corrected chi connectivity index (χ3v) is 5.71. The van der Waals surface area contributed by atoms with Crippen molar-refractivity contribution in [2.24, 2.45) is 16.9 Å². The summed E-state index contributed by atoms with van der Waals surface area (Å²) in [6, 6.07) is 19.5. The Labute approximate surface area is 212 Å². The molecule has 0 aliphatic rings. The molecule has 0 unspecified atom stereocenters. The van der Waals surface area contributed by atoms with E-state index in [-0.39, 0.29) is 24.5 Å². The third kappa shape index (κ3) is 9.07. The number of hydrogen-bond donors (Lipinski definition) is 3. The molecule has 9 heteroatoms. The zero-order chi connectivity index (χ0) is 26.3. The summed E-state index contributed by atoms with van der Waals surface area (Å²) in [6.45, 7) is 4.66. The summed E-state index contributed by atoms with van der Waals surface area (Å²) in [5.74, 6) is 2.11. The predicted molar refractivity (Wildman–Crippen MR) is 138 cm³/mol. The Morgan fingerprint density at radius 2 is 1.39 bits per heavy atom. The summed E-state index contributed by atoms with van der Waals surface area (Å²) in [4.78, 5) is 51.1. The van der Waals surface area contributed by atoms with Crippen molar-refractivity contribution >= 4 is 29.2 Å². The van der Waals surface area contributed by atoms with Crippen LogP contribution in [0.4, 0.5) is 0 Å². The standard InChI is InChI=1S/C27H35N5O4/c1-3-11-23(30-31-27(36)26(35)29-28)22(4-2)24(33)16-17-25(34)32(18-20-12-7-5-8-13-20)19-21-14-9-6-10-15-21/h5-10,12-15,22H,3-4,11,16-19,28H2,1-2H3,(H,29,35)(H,31,36)/b30-23-/t22-/m0/s1. The maximum absolute atomic E-state index is 13.2. The molecule has 0 bridgehead atoms. The number of nitrogens with two attached hydrogens (primary N) is 1. The second-order valence-electron chi connectivity index (χ2n) is 8.42. The van der Waals surface area contributed by atoms with Gasteiger partial charge in [0, 0.05) is 31.6 Å². The Bertz CT molecular complexity index is 999. The molecule has 0 spiro atoms. The number of hydrazine groups is 1. The van der Waals surface area contributed by atoms with E-state index >= 15 is 0 Å². The molecule has 2 aromatic rings. The van der Waals surface area contributed by atoms with Gasteiger partial charge in [0.1, 0.15) is 5.78 Å². The Kier molecular flexibility index (Phi) is 12.0. The predicted octanol–water partition coefficient (Wildman–Crippen LogP) is 2.85.